The van der Waals surface area contributed by atoms with Gasteiger partial charge in [0.15, 0.2) is 11.7 Å². The molecule has 20 heavy (non-hydrogen) atoms. The fraction of sp³-hybridized carbons (Fsp3) is 0.143. The van der Waals surface area contributed by atoms with Gasteiger partial charge in [0.1, 0.15) is 11.4 Å². The van der Waals surface area contributed by atoms with Crippen molar-refractivity contribution < 1.29 is 0 Å². The van der Waals surface area contributed by atoms with Crippen LogP contribution in [-0.4, -0.2) is 21.6 Å². The molecule has 0 saturated heterocycles. The minimum Gasteiger partial charge on any atom is -0.256 e. The highest BCUT2D eigenvalue weighted by molar-refractivity contribution is 6.04. The molecule has 0 fully saturated rings. The van der Waals surface area contributed by atoms with E-state index in [0.29, 0.717) is 11.7 Å². The molecule has 0 bridgehead atoms. The lowest BCUT2D eigenvalue weighted by Gasteiger charge is -2.14. The van der Waals surface area contributed by atoms with Crippen molar-refractivity contribution in [2.75, 3.05) is 0 Å². The Kier molecular flexibility index (Phi) is 3.12. The molecule has 6 heteroatoms. The molecular formula is C14H14N6. The summed E-state index contributed by atoms with van der Waals surface area (Å²) in [5.74, 6) is 1.18. The topological polar surface area (TPSA) is 74.6 Å². The number of nitrogens with zero attached hydrogens (tertiary/aromatic N) is 4. The SMILES string of the molecule is Cc1cccc(C2=NNC(c3cccc(C)n3)=NN2)n1. The first-order chi connectivity index (χ1) is 9.72. The fourth-order valence-electron chi connectivity index (χ4n) is 1.85. The van der Waals surface area contributed by atoms with E-state index in [1.807, 2.05) is 50.2 Å². The molecule has 0 radical (unpaired) electrons. The Labute approximate surface area is 116 Å². The molecule has 3 rings (SSSR count). The van der Waals surface area contributed by atoms with Crippen LogP contribution in [0.4, 0.5) is 0 Å². The summed E-state index contributed by atoms with van der Waals surface area (Å²) in [6.45, 7) is 3.87. The first-order valence-electron chi connectivity index (χ1n) is 6.28. The van der Waals surface area contributed by atoms with Gasteiger partial charge in [0.2, 0.25) is 0 Å². The summed E-state index contributed by atoms with van der Waals surface area (Å²) in [6.07, 6.45) is 0. The van der Waals surface area contributed by atoms with E-state index < -0.39 is 0 Å². The molecule has 2 N–H and O–H groups in total. The van der Waals surface area contributed by atoms with E-state index in [-0.39, 0.29) is 0 Å². The number of hydrogen-bond acceptors (Lipinski definition) is 6. The fourth-order valence-corrected chi connectivity index (χ4v) is 1.85. The van der Waals surface area contributed by atoms with Gasteiger partial charge in [0.05, 0.1) is 0 Å². The van der Waals surface area contributed by atoms with Crippen LogP contribution in [0.3, 0.4) is 0 Å². The number of aromatic nitrogens is 2. The van der Waals surface area contributed by atoms with Gasteiger partial charge in [0, 0.05) is 11.4 Å². The maximum absolute atomic E-state index is 4.39. The van der Waals surface area contributed by atoms with Gasteiger partial charge in [0.25, 0.3) is 0 Å². The third-order valence-corrected chi connectivity index (χ3v) is 2.81. The largest absolute Gasteiger partial charge is 0.256 e. The third-order valence-electron chi connectivity index (χ3n) is 2.81. The van der Waals surface area contributed by atoms with Gasteiger partial charge in [-0.2, -0.15) is 10.2 Å². The monoisotopic (exact) mass is 266 g/mol. The first-order valence-corrected chi connectivity index (χ1v) is 6.28. The minimum absolute atomic E-state index is 0.588. The molecule has 2 aromatic rings. The van der Waals surface area contributed by atoms with Gasteiger partial charge in [-0.05, 0) is 38.1 Å². The molecule has 0 saturated carbocycles. The van der Waals surface area contributed by atoms with Gasteiger partial charge >= 0.3 is 0 Å². The van der Waals surface area contributed by atoms with Gasteiger partial charge in [-0.1, -0.05) is 12.1 Å². The van der Waals surface area contributed by atoms with E-state index in [1.54, 1.807) is 0 Å². The molecule has 0 aliphatic carbocycles. The van der Waals surface area contributed by atoms with Crippen LogP contribution in [0.15, 0.2) is 46.6 Å². The lowest BCUT2D eigenvalue weighted by atomic mass is 10.3. The Morgan fingerprint density at radius 1 is 0.700 bits per heavy atom. The summed E-state index contributed by atoms with van der Waals surface area (Å²) >= 11 is 0. The van der Waals surface area contributed by atoms with Crippen LogP contribution in [0, 0.1) is 13.8 Å². The highest BCUT2D eigenvalue weighted by atomic mass is 15.5. The number of hydrogen-bond donors (Lipinski definition) is 2. The number of nitrogens with one attached hydrogen (secondary N) is 2. The maximum atomic E-state index is 4.39. The number of aryl methyl sites for hydroxylation is 2. The highest BCUT2D eigenvalue weighted by Gasteiger charge is 2.13. The molecule has 1 aliphatic rings. The summed E-state index contributed by atoms with van der Waals surface area (Å²) in [4.78, 5) is 8.78. The van der Waals surface area contributed by atoms with Crippen LogP contribution in [-0.2, 0) is 0 Å². The predicted molar refractivity (Wildman–Crippen MR) is 77.3 cm³/mol. The molecular weight excluding hydrogens is 252 g/mol. The highest BCUT2D eigenvalue weighted by Crippen LogP contribution is 2.03. The maximum Gasteiger partial charge on any atom is 0.192 e. The van der Waals surface area contributed by atoms with Crippen molar-refractivity contribution in [1.82, 2.24) is 20.8 Å². The van der Waals surface area contributed by atoms with E-state index in [0.717, 1.165) is 22.8 Å². The second kappa shape index (κ2) is 5.08. The predicted octanol–water partition coefficient (Wildman–Crippen LogP) is 1.31. The quantitative estimate of drug-likeness (QED) is 0.859. The van der Waals surface area contributed by atoms with Gasteiger partial charge in [-0.25, -0.2) is 9.97 Å². The Morgan fingerprint density at radius 3 is 1.50 bits per heavy atom. The average Bonchev–Trinajstić information content (AvgIpc) is 2.47. The number of amidine groups is 2. The Balaban J connectivity index is 1.81. The second-order valence-electron chi connectivity index (χ2n) is 4.47. The first kappa shape index (κ1) is 12.3. The number of hydrazone groups is 2. The zero-order valence-corrected chi connectivity index (χ0v) is 11.3. The molecule has 0 unspecified atom stereocenters. The molecule has 3 heterocycles. The van der Waals surface area contributed by atoms with E-state index in [2.05, 4.69) is 31.0 Å². The number of pyridine rings is 2. The minimum atomic E-state index is 0.588. The van der Waals surface area contributed by atoms with Crippen molar-refractivity contribution in [3.63, 3.8) is 0 Å². The van der Waals surface area contributed by atoms with Crippen LogP contribution in [0.1, 0.15) is 22.8 Å². The van der Waals surface area contributed by atoms with Crippen molar-refractivity contribution in [3.8, 4) is 0 Å². The van der Waals surface area contributed by atoms with Crippen molar-refractivity contribution in [1.29, 1.82) is 0 Å². The van der Waals surface area contributed by atoms with Crippen LogP contribution in [0.25, 0.3) is 0 Å². The lowest BCUT2D eigenvalue weighted by Crippen LogP contribution is -2.35. The molecule has 1 aliphatic heterocycles. The standard InChI is InChI=1S/C14H14N6/c1-9-5-3-7-11(15-9)13-17-19-14(20-18-13)12-8-4-6-10(2)16-12/h3-8H,1-2H3,(H,17,18)(H,19,20). The summed E-state index contributed by atoms with van der Waals surface area (Å²) in [5.41, 5.74) is 9.17. The van der Waals surface area contributed by atoms with Gasteiger partial charge < -0.3 is 0 Å². The molecule has 0 spiro atoms. The summed E-state index contributed by atoms with van der Waals surface area (Å²) in [6, 6.07) is 11.5. The summed E-state index contributed by atoms with van der Waals surface area (Å²) < 4.78 is 0. The lowest BCUT2D eigenvalue weighted by molar-refractivity contribution is 0.870. The normalized spacial score (nSPS) is 13.9. The van der Waals surface area contributed by atoms with Crippen LogP contribution in [0.5, 0.6) is 0 Å². The molecule has 2 aromatic heterocycles. The van der Waals surface area contributed by atoms with Crippen LogP contribution in [0.2, 0.25) is 0 Å². The number of rotatable bonds is 2. The molecule has 6 nitrogen and oxygen atoms in total. The second-order valence-corrected chi connectivity index (χ2v) is 4.47. The van der Waals surface area contributed by atoms with Gasteiger partial charge in [-0.3, -0.25) is 10.9 Å². The zero-order chi connectivity index (χ0) is 13.9. The Morgan fingerprint density at radius 2 is 1.15 bits per heavy atom. The van der Waals surface area contributed by atoms with E-state index in [4.69, 9.17) is 0 Å². The van der Waals surface area contributed by atoms with E-state index in [1.165, 1.54) is 0 Å². The average molecular weight is 266 g/mol. The van der Waals surface area contributed by atoms with Crippen LogP contribution < -0.4 is 10.9 Å². The van der Waals surface area contributed by atoms with Crippen molar-refractivity contribution in [3.05, 3.63) is 59.2 Å². The summed E-state index contributed by atoms with van der Waals surface area (Å²) in [5, 5.41) is 8.50. The molecule has 100 valence electrons. The molecule has 0 aromatic carbocycles. The van der Waals surface area contributed by atoms with Crippen molar-refractivity contribution in [2.45, 2.75) is 13.8 Å². The van der Waals surface area contributed by atoms with Crippen molar-refractivity contribution in [2.24, 2.45) is 10.2 Å². The van der Waals surface area contributed by atoms with E-state index >= 15 is 0 Å². The van der Waals surface area contributed by atoms with Crippen LogP contribution >= 0.6 is 0 Å². The third kappa shape index (κ3) is 2.49. The summed E-state index contributed by atoms with van der Waals surface area (Å²) in [7, 11) is 0. The van der Waals surface area contributed by atoms with E-state index in [9.17, 15) is 0 Å². The van der Waals surface area contributed by atoms with Crippen molar-refractivity contribution >= 4 is 11.7 Å². The smallest absolute Gasteiger partial charge is 0.192 e. The molecule has 0 atom stereocenters. The Bertz CT molecular complexity index is 643. The Hall–Kier alpha value is -2.76. The van der Waals surface area contributed by atoms with Gasteiger partial charge in [-0.15, -0.1) is 0 Å². The molecule has 0 amide bonds. The zero-order valence-electron chi connectivity index (χ0n) is 11.3.